The maximum atomic E-state index is 7.65. The summed E-state index contributed by atoms with van der Waals surface area (Å²) in [4.78, 5) is 0. The first-order valence-electron chi connectivity index (χ1n) is 40.0. The molecule has 0 aliphatic rings. The van der Waals surface area contributed by atoms with Crippen LogP contribution in [0.3, 0.4) is 0 Å². The molecule has 12 aromatic rings. The second-order valence-corrected chi connectivity index (χ2v) is 28.4. The highest BCUT2D eigenvalue weighted by Gasteiger charge is 2.23. The summed E-state index contributed by atoms with van der Waals surface area (Å²) in [6.07, 6.45) is 5.65. The molecule has 0 unspecified atom stereocenters. The van der Waals surface area contributed by atoms with Crippen molar-refractivity contribution in [2.45, 2.75) is 166 Å². The van der Waals surface area contributed by atoms with Crippen LogP contribution in [0.1, 0.15) is 146 Å². The van der Waals surface area contributed by atoms with E-state index in [0.29, 0.717) is 16.8 Å². The molecule has 0 saturated carbocycles. The fourth-order valence-electron chi connectivity index (χ4n) is 13.3. The standard InChI is InChI=1S/6C16H20N/c1-11-6-7-12(2)15(8-11)16-9-13(3)14(4)10-17(16)5;2*1-11-7-6-8-12(2)16(11)15-9-13(3)14(4)10-17(15)5;3*1-11-7-6-8-15(14(11)4)16-12(2)9-10-13(3)17(16)5/h6*6-10H,1-5H3/q6*+1/i2*4D3;;3D3;;. The summed E-state index contributed by atoms with van der Waals surface area (Å²) in [5.41, 5.74) is 41.5. The van der Waals surface area contributed by atoms with Crippen molar-refractivity contribution in [2.24, 2.45) is 42.3 Å². The minimum atomic E-state index is -2.10. The Labute approximate surface area is 628 Å². The molecule has 0 radical (unpaired) electrons. The van der Waals surface area contributed by atoms with Crippen LogP contribution in [0.4, 0.5) is 0 Å². The van der Waals surface area contributed by atoms with E-state index in [1.807, 2.05) is 87.4 Å². The SMILES string of the molecule is Cc1cc(-c2c(C)cccc2C)[n+](C)cc1C.Cc1cccc(-c2c(C)ccc(C)[n+]2C)c1C.Cc1cccc(-c2c(C)ccc(C)[n+]2C)c1C.[2H]C([2H])([2H])c1c[n+](C)c(-c2c(C)cccc2C)cc1C.[2H]C([2H])([2H])c1c[n+](C)c(-c2cc(C)ccc2C)cc1C.[2H]C([2H])([2H])c1ccc(C)c(-c2cccc(C)c2C)[n+]1C. The van der Waals surface area contributed by atoms with Gasteiger partial charge in [0.15, 0.2) is 35.7 Å². The van der Waals surface area contributed by atoms with Gasteiger partial charge in [-0.25, -0.2) is 13.7 Å². The predicted molar refractivity (Wildman–Crippen MR) is 432 cm³/mol. The molecule has 6 heterocycles. The van der Waals surface area contributed by atoms with Crippen molar-refractivity contribution in [3.05, 3.63) is 316 Å². The van der Waals surface area contributed by atoms with Gasteiger partial charge in [0.25, 0.3) is 0 Å². The Balaban J connectivity index is 0.000000185. The molecule has 0 fully saturated rings. The average molecular weight is 1370 g/mol. The lowest BCUT2D eigenvalue weighted by molar-refractivity contribution is -0.667. The molecule has 0 bridgehead atoms. The lowest BCUT2D eigenvalue weighted by Gasteiger charge is -2.10. The van der Waals surface area contributed by atoms with E-state index in [4.69, 9.17) is 12.3 Å². The van der Waals surface area contributed by atoms with Crippen molar-refractivity contribution in [1.29, 1.82) is 0 Å². The third kappa shape index (κ3) is 18.7. The lowest BCUT2D eigenvalue weighted by Crippen LogP contribution is -2.35. The highest BCUT2D eigenvalue weighted by Crippen LogP contribution is 2.31. The molecule has 0 N–H and O–H groups in total. The summed E-state index contributed by atoms with van der Waals surface area (Å²) in [7, 11) is 12.0. The van der Waals surface area contributed by atoms with Gasteiger partial charge in [0, 0.05) is 125 Å². The molecule has 0 aliphatic carbocycles. The van der Waals surface area contributed by atoms with E-state index in [1.54, 1.807) is 23.0 Å². The number of benzene rings is 6. The number of pyridine rings is 6. The molecule has 102 heavy (non-hydrogen) atoms. The molecule has 0 aliphatic heterocycles. The van der Waals surface area contributed by atoms with E-state index >= 15 is 0 Å². The molecular weight excluding hydrogens is 1240 g/mol. The van der Waals surface area contributed by atoms with Crippen LogP contribution >= 0.6 is 0 Å². The summed E-state index contributed by atoms with van der Waals surface area (Å²) in [6.45, 7) is 38.0. The molecule has 12 rings (SSSR count). The Morgan fingerprint density at radius 3 is 0.882 bits per heavy atom. The van der Waals surface area contributed by atoms with Gasteiger partial charge < -0.3 is 0 Å². The van der Waals surface area contributed by atoms with Gasteiger partial charge in [0.05, 0.1) is 11.1 Å². The fraction of sp³-hybridized carbons (Fsp3) is 0.312. The van der Waals surface area contributed by atoms with Gasteiger partial charge >= 0.3 is 0 Å². The first kappa shape index (κ1) is 66.8. The molecule has 6 aromatic carbocycles. The zero-order valence-electron chi connectivity index (χ0n) is 75.5. The van der Waals surface area contributed by atoms with Crippen LogP contribution in [-0.4, -0.2) is 0 Å². The second kappa shape index (κ2) is 34.7. The van der Waals surface area contributed by atoms with E-state index in [1.165, 1.54) is 140 Å². The van der Waals surface area contributed by atoms with E-state index in [2.05, 4.69) is 287 Å². The highest BCUT2D eigenvalue weighted by atomic mass is 15.0. The number of hydrogen-bond acceptors (Lipinski definition) is 0. The van der Waals surface area contributed by atoms with Crippen LogP contribution < -0.4 is 27.4 Å². The first-order valence-corrected chi connectivity index (χ1v) is 35.5. The number of hydrogen-bond donors (Lipinski definition) is 0. The van der Waals surface area contributed by atoms with Crippen LogP contribution in [0.25, 0.3) is 67.5 Å². The quantitative estimate of drug-likeness (QED) is 0.148. The predicted octanol–water partition coefficient (Wildman–Crippen LogP) is 20.5. The molecule has 6 nitrogen and oxygen atoms in total. The summed E-state index contributed by atoms with van der Waals surface area (Å²) in [5, 5.41) is 0. The van der Waals surface area contributed by atoms with Crippen LogP contribution in [0, 0.1) is 166 Å². The van der Waals surface area contributed by atoms with E-state index in [0.717, 1.165) is 44.9 Å². The van der Waals surface area contributed by atoms with Crippen molar-refractivity contribution in [3.8, 4) is 67.5 Å². The Kier molecular flexibility index (Phi) is 22.7. The molecule has 6 heteroatoms. The Morgan fingerprint density at radius 1 is 0.225 bits per heavy atom. The number of aryl methyl sites for hydroxylation is 24. The summed E-state index contributed by atoms with van der Waals surface area (Å²) in [6, 6.07) is 56.7. The average Bonchev–Trinajstić information content (AvgIpc) is 0.799. The minimum absolute atomic E-state index is 0.360. The first-order chi connectivity index (χ1) is 51.7. The maximum absolute atomic E-state index is 7.65. The Morgan fingerprint density at radius 2 is 0.520 bits per heavy atom. The number of nitrogens with zero attached hydrogens (tertiary/aromatic N) is 6. The largest absolute Gasteiger partial charge is 0.215 e. The lowest BCUT2D eigenvalue weighted by atomic mass is 9.97. The summed E-state index contributed by atoms with van der Waals surface area (Å²) < 4.78 is 80.8. The zero-order chi connectivity index (χ0) is 83.0. The highest BCUT2D eigenvalue weighted by molar-refractivity contribution is 5.70. The van der Waals surface area contributed by atoms with Crippen molar-refractivity contribution < 1.29 is 39.7 Å². The van der Waals surface area contributed by atoms with E-state index in [9.17, 15) is 0 Å². The maximum Gasteiger partial charge on any atom is 0.215 e. The van der Waals surface area contributed by atoms with Gasteiger partial charge in [0.1, 0.15) is 42.3 Å². The monoisotopic (exact) mass is 1370 g/mol. The molecule has 528 valence electrons. The molecule has 0 amide bonds. The molecular formula is C96H120N6+6. The van der Waals surface area contributed by atoms with Crippen molar-refractivity contribution in [2.75, 3.05) is 0 Å². The van der Waals surface area contributed by atoms with Gasteiger partial charge in [0.2, 0.25) is 34.2 Å². The Bertz CT molecular complexity index is 5260. The zero-order valence-corrected chi connectivity index (χ0v) is 66.5. The van der Waals surface area contributed by atoms with E-state index < -0.39 is 20.6 Å². The molecule has 6 aromatic heterocycles. The molecule has 0 spiro atoms. The summed E-state index contributed by atoms with van der Waals surface area (Å²) >= 11 is 0. The smallest absolute Gasteiger partial charge is 0.201 e. The van der Waals surface area contributed by atoms with Gasteiger partial charge in [-0.15, -0.1) is 0 Å². The van der Waals surface area contributed by atoms with E-state index in [-0.39, 0.29) is 0 Å². The second-order valence-electron chi connectivity index (χ2n) is 28.4. The summed E-state index contributed by atoms with van der Waals surface area (Å²) in [5.74, 6) is 0. The van der Waals surface area contributed by atoms with Crippen molar-refractivity contribution in [3.63, 3.8) is 0 Å². The molecule has 0 saturated heterocycles. The minimum Gasteiger partial charge on any atom is -0.201 e. The third-order valence-corrected chi connectivity index (χ3v) is 20.6. The van der Waals surface area contributed by atoms with Gasteiger partial charge in [-0.2, -0.15) is 13.7 Å². The normalized spacial score (nSPS) is 12.3. The van der Waals surface area contributed by atoms with Crippen molar-refractivity contribution in [1.82, 2.24) is 0 Å². The number of rotatable bonds is 6. The molecule has 0 atom stereocenters. The third-order valence-electron chi connectivity index (χ3n) is 20.6. The van der Waals surface area contributed by atoms with Crippen LogP contribution in [-0.2, 0) is 42.3 Å². The van der Waals surface area contributed by atoms with Gasteiger partial charge in [-0.05, 0) is 266 Å². The van der Waals surface area contributed by atoms with Gasteiger partial charge in [-0.3, -0.25) is 0 Å². The Hall–Kier alpha value is -9.78. The van der Waals surface area contributed by atoms with Crippen LogP contribution in [0.15, 0.2) is 182 Å². The topological polar surface area (TPSA) is 23.3 Å². The van der Waals surface area contributed by atoms with Crippen LogP contribution in [0.5, 0.6) is 0 Å². The van der Waals surface area contributed by atoms with Crippen LogP contribution in [0.2, 0.25) is 0 Å². The fourth-order valence-corrected chi connectivity index (χ4v) is 13.3. The number of aromatic nitrogens is 6. The van der Waals surface area contributed by atoms with Crippen molar-refractivity contribution >= 4 is 0 Å². The van der Waals surface area contributed by atoms with Gasteiger partial charge in [-0.1, -0.05) is 90.5 Å².